The third kappa shape index (κ3) is 13.3. The second kappa shape index (κ2) is 18.6. The normalized spacial score (nSPS) is 13.0. The highest BCUT2D eigenvalue weighted by atomic mass is 35.5. The number of hydrogen-bond donors (Lipinski definition) is 3. The van der Waals surface area contributed by atoms with Crippen molar-refractivity contribution in [2.75, 3.05) is 31.5 Å². The summed E-state index contributed by atoms with van der Waals surface area (Å²) < 4.78 is 5.69. The lowest BCUT2D eigenvalue weighted by Gasteiger charge is -2.32. The zero-order valence-electron chi connectivity index (χ0n) is 30.8. The van der Waals surface area contributed by atoms with E-state index in [-0.39, 0.29) is 24.1 Å². The Labute approximate surface area is 310 Å². The zero-order valence-corrected chi connectivity index (χ0v) is 32.4. The van der Waals surface area contributed by atoms with Crippen LogP contribution < -0.4 is 16.0 Å². The first-order chi connectivity index (χ1) is 23.9. The molecule has 15 heteroatoms. The Morgan fingerprint density at radius 2 is 1.65 bits per heavy atom. The molecule has 0 aliphatic heterocycles. The van der Waals surface area contributed by atoms with Crippen LogP contribution in [0.5, 0.6) is 0 Å². The number of amides is 1. The van der Waals surface area contributed by atoms with Crippen LogP contribution in [-0.2, 0) is 32.2 Å². The summed E-state index contributed by atoms with van der Waals surface area (Å²) >= 11 is 7.54. The molecule has 0 spiro atoms. The van der Waals surface area contributed by atoms with Crippen LogP contribution in [0.1, 0.15) is 85.2 Å². The maximum absolute atomic E-state index is 13.0. The number of aromatic nitrogens is 3. The zero-order chi connectivity index (χ0) is 37.8. The van der Waals surface area contributed by atoms with Gasteiger partial charge in [0, 0.05) is 55.5 Å². The quantitative estimate of drug-likeness (QED) is 0.0402. The molecule has 0 bridgehead atoms. The van der Waals surface area contributed by atoms with Crippen molar-refractivity contribution in [3.05, 3.63) is 80.6 Å². The summed E-state index contributed by atoms with van der Waals surface area (Å²) in [6.45, 7) is 16.5. The first-order valence-corrected chi connectivity index (χ1v) is 18.4. The highest BCUT2D eigenvalue weighted by Crippen LogP contribution is 2.25. The molecule has 0 aliphatic rings. The van der Waals surface area contributed by atoms with Gasteiger partial charge in [-0.05, 0) is 65.7 Å². The molecule has 2 aromatic carbocycles. The summed E-state index contributed by atoms with van der Waals surface area (Å²) in [4.78, 5) is 52.5. The fraction of sp³-hybridized carbons (Fsp3) is 0.528. The number of thioether (sulfide) groups is 1. The second-order valence-corrected chi connectivity index (χ2v) is 15.4. The molecular weight excluding hydrogens is 692 g/mol. The van der Waals surface area contributed by atoms with Crippen LogP contribution in [-0.4, -0.2) is 74.0 Å². The molecule has 1 heterocycles. The molecular formula is C36H51ClN8O5S. The number of halogens is 1. The highest BCUT2D eigenvalue weighted by molar-refractivity contribution is 7.98. The van der Waals surface area contributed by atoms with Gasteiger partial charge < -0.3 is 25.6 Å². The fourth-order valence-electron chi connectivity index (χ4n) is 5.13. The summed E-state index contributed by atoms with van der Waals surface area (Å²) in [5.74, 6) is 0.990. The molecule has 3 aromatic rings. The number of ether oxygens (including phenoxy) is 1. The van der Waals surface area contributed by atoms with Gasteiger partial charge in [-0.2, -0.15) is 9.97 Å². The van der Waals surface area contributed by atoms with E-state index in [0.29, 0.717) is 65.9 Å². The van der Waals surface area contributed by atoms with Gasteiger partial charge in [-0.25, -0.2) is 4.98 Å². The number of anilines is 1. The van der Waals surface area contributed by atoms with Crippen LogP contribution in [0, 0.1) is 10.1 Å². The van der Waals surface area contributed by atoms with Crippen molar-refractivity contribution in [2.24, 2.45) is 0 Å². The van der Waals surface area contributed by atoms with Gasteiger partial charge in [-0.15, -0.1) is 0 Å². The topological polar surface area (TPSA) is 165 Å². The first kappa shape index (κ1) is 41.6. The maximum Gasteiger partial charge on any atom is 0.326 e. The number of carbonyl (C=O) groups is 2. The van der Waals surface area contributed by atoms with E-state index >= 15 is 0 Å². The van der Waals surface area contributed by atoms with Crippen LogP contribution in [0.2, 0.25) is 5.02 Å². The van der Waals surface area contributed by atoms with E-state index in [2.05, 4.69) is 20.9 Å². The minimum Gasteiger partial charge on any atom is -0.459 e. The molecule has 1 aromatic heterocycles. The molecule has 3 rings (SSSR count). The Bertz CT molecular complexity index is 1640. The molecule has 3 N–H and O–H groups in total. The van der Waals surface area contributed by atoms with Gasteiger partial charge in [-0.3, -0.25) is 19.7 Å². The maximum atomic E-state index is 13.0. The minimum atomic E-state index is -0.849. The molecule has 278 valence electrons. The predicted octanol–water partition coefficient (Wildman–Crippen LogP) is 6.50. The van der Waals surface area contributed by atoms with Crippen molar-refractivity contribution in [1.29, 1.82) is 0 Å². The summed E-state index contributed by atoms with van der Waals surface area (Å²) in [6.07, 6.45) is 1.42. The molecule has 0 aliphatic carbocycles. The van der Waals surface area contributed by atoms with E-state index in [1.165, 1.54) is 24.8 Å². The standard InChI is InChI=1S/C36H51ClN8O5S/c1-9-18-36(8,31(47)50-34(3,4)5)40-20-19-38-32-41-30(42-33(43-32)51-24-26-14-16-28(37)17-15-26)35(6,7)39-21-22-44(25(2)46)23-27-12-10-11-13-29(27)45(48)49/h10-17,39-40H,9,18-24H2,1-8H3,(H,38,41,42,43). The molecule has 1 unspecified atom stereocenters. The number of nitrogens with zero attached hydrogens (tertiary/aromatic N) is 5. The van der Waals surface area contributed by atoms with Gasteiger partial charge in [0.2, 0.25) is 11.9 Å². The summed E-state index contributed by atoms with van der Waals surface area (Å²) in [5.41, 5.74) is -0.697. The molecule has 1 amide bonds. The van der Waals surface area contributed by atoms with Gasteiger partial charge >= 0.3 is 5.97 Å². The smallest absolute Gasteiger partial charge is 0.326 e. The van der Waals surface area contributed by atoms with Gasteiger partial charge in [0.15, 0.2) is 11.0 Å². The average Bonchev–Trinajstić information content (AvgIpc) is 3.05. The second-order valence-electron chi connectivity index (χ2n) is 14.0. The third-order valence-corrected chi connectivity index (χ3v) is 9.09. The van der Waals surface area contributed by atoms with Crippen LogP contribution >= 0.6 is 23.4 Å². The van der Waals surface area contributed by atoms with Crippen molar-refractivity contribution in [3.63, 3.8) is 0 Å². The molecule has 0 fully saturated rings. The van der Waals surface area contributed by atoms with Crippen molar-refractivity contribution in [3.8, 4) is 0 Å². The van der Waals surface area contributed by atoms with E-state index in [1.54, 1.807) is 23.1 Å². The average molecular weight is 743 g/mol. The number of nitrogens with one attached hydrogen (secondary N) is 3. The first-order valence-electron chi connectivity index (χ1n) is 17.0. The third-order valence-electron chi connectivity index (χ3n) is 7.92. The largest absolute Gasteiger partial charge is 0.459 e. The molecule has 0 saturated carbocycles. The summed E-state index contributed by atoms with van der Waals surface area (Å²) in [7, 11) is 0. The number of hydrogen-bond acceptors (Lipinski definition) is 12. The summed E-state index contributed by atoms with van der Waals surface area (Å²) in [6, 6.07) is 14.0. The molecule has 51 heavy (non-hydrogen) atoms. The predicted molar refractivity (Wildman–Crippen MR) is 202 cm³/mol. The van der Waals surface area contributed by atoms with Crippen LogP contribution in [0.3, 0.4) is 0 Å². The Kier molecular flexibility index (Phi) is 15.1. The van der Waals surface area contributed by atoms with Crippen molar-refractivity contribution in [1.82, 2.24) is 30.5 Å². The number of carbonyl (C=O) groups excluding carboxylic acids is 2. The Morgan fingerprint density at radius 1 is 0.961 bits per heavy atom. The van der Waals surface area contributed by atoms with E-state index in [4.69, 9.17) is 26.3 Å². The number of nitro groups is 1. The lowest BCUT2D eigenvalue weighted by molar-refractivity contribution is -0.385. The van der Waals surface area contributed by atoms with Crippen molar-refractivity contribution >= 4 is 46.9 Å². The van der Waals surface area contributed by atoms with Gasteiger partial charge in [0.1, 0.15) is 11.1 Å². The molecule has 13 nitrogen and oxygen atoms in total. The van der Waals surface area contributed by atoms with Crippen LogP contribution in [0.15, 0.2) is 53.7 Å². The van der Waals surface area contributed by atoms with E-state index < -0.39 is 21.6 Å². The minimum absolute atomic E-state index is 0.0269. The SMILES string of the molecule is CCCC(C)(NCCNc1nc(SCc2ccc(Cl)cc2)nc(C(C)(C)NCCN(Cc2ccccc2[N+](=O)[O-])C(C)=O)n1)C(=O)OC(C)(C)C. The Balaban J connectivity index is 1.76. The summed E-state index contributed by atoms with van der Waals surface area (Å²) in [5, 5.41) is 22.8. The van der Waals surface area contributed by atoms with Crippen molar-refractivity contribution < 1.29 is 19.2 Å². The lowest BCUT2D eigenvalue weighted by atomic mass is 9.95. The number of benzene rings is 2. The Morgan fingerprint density at radius 3 is 2.27 bits per heavy atom. The van der Waals surface area contributed by atoms with Gasteiger partial charge in [-0.1, -0.05) is 67.0 Å². The van der Waals surface area contributed by atoms with Crippen LogP contribution in [0.25, 0.3) is 0 Å². The fourth-order valence-corrected chi connectivity index (χ4v) is 6.05. The van der Waals surface area contributed by atoms with E-state index in [0.717, 1.165) is 12.0 Å². The Hall–Kier alpha value is -3.85. The molecule has 0 radical (unpaired) electrons. The molecule has 1 atom stereocenters. The highest BCUT2D eigenvalue weighted by Gasteiger charge is 2.36. The number of nitro benzene ring substituents is 1. The number of para-hydroxylation sites is 1. The van der Waals surface area contributed by atoms with E-state index in [1.807, 2.05) is 72.7 Å². The van der Waals surface area contributed by atoms with Gasteiger partial charge in [0.05, 0.1) is 17.0 Å². The number of rotatable bonds is 19. The molecule has 0 saturated heterocycles. The van der Waals surface area contributed by atoms with Crippen LogP contribution in [0.4, 0.5) is 11.6 Å². The lowest BCUT2D eigenvalue weighted by Crippen LogP contribution is -2.53. The monoisotopic (exact) mass is 742 g/mol. The van der Waals surface area contributed by atoms with Gasteiger partial charge in [0.25, 0.3) is 5.69 Å². The number of esters is 1. The van der Waals surface area contributed by atoms with E-state index in [9.17, 15) is 19.7 Å². The van der Waals surface area contributed by atoms with Crippen molar-refractivity contribution in [2.45, 2.75) is 102 Å².